The lowest BCUT2D eigenvalue weighted by atomic mass is 9.99. The van der Waals surface area contributed by atoms with E-state index in [4.69, 9.17) is 5.73 Å². The summed E-state index contributed by atoms with van der Waals surface area (Å²) >= 11 is 1.51. The molecule has 1 aromatic heterocycles. The third kappa shape index (κ3) is 5.39. The smallest absolute Gasteiger partial charge is 0.249 e. The standard InChI is InChI=1S/C15H25N3O2S/c1-11-2-4-18(5-3-11)9-13(19)7-17-8-14-6-12(10-21-14)15(16)20/h6,10-11,13,17,19H,2-5,7-9H2,1H3,(H2,16,20). The highest BCUT2D eigenvalue weighted by atomic mass is 32.1. The number of aliphatic hydroxyl groups is 1. The summed E-state index contributed by atoms with van der Waals surface area (Å²) in [7, 11) is 0. The first-order chi connectivity index (χ1) is 10.0. The molecule has 1 aromatic rings. The van der Waals surface area contributed by atoms with Crippen molar-refractivity contribution in [3.05, 3.63) is 21.9 Å². The van der Waals surface area contributed by atoms with Gasteiger partial charge in [-0.1, -0.05) is 6.92 Å². The Morgan fingerprint density at radius 2 is 2.29 bits per heavy atom. The summed E-state index contributed by atoms with van der Waals surface area (Å²) in [5.74, 6) is 0.423. The van der Waals surface area contributed by atoms with Gasteiger partial charge in [-0.15, -0.1) is 11.3 Å². The molecule has 6 heteroatoms. The van der Waals surface area contributed by atoms with E-state index in [1.807, 2.05) is 0 Å². The quantitative estimate of drug-likeness (QED) is 0.703. The number of carbonyl (C=O) groups is 1. The maximum atomic E-state index is 11.0. The molecule has 5 nitrogen and oxygen atoms in total. The highest BCUT2D eigenvalue weighted by Gasteiger charge is 2.18. The number of rotatable bonds is 7. The van der Waals surface area contributed by atoms with Crippen LogP contribution in [0.3, 0.4) is 0 Å². The van der Waals surface area contributed by atoms with Gasteiger partial charge in [0.2, 0.25) is 5.91 Å². The molecular weight excluding hydrogens is 286 g/mol. The molecule has 1 atom stereocenters. The summed E-state index contributed by atoms with van der Waals surface area (Å²) in [5, 5.41) is 15.1. The van der Waals surface area contributed by atoms with Gasteiger partial charge in [0.15, 0.2) is 0 Å². The van der Waals surface area contributed by atoms with Gasteiger partial charge in [-0.25, -0.2) is 0 Å². The van der Waals surface area contributed by atoms with E-state index in [9.17, 15) is 9.90 Å². The van der Waals surface area contributed by atoms with Crippen molar-refractivity contribution in [2.75, 3.05) is 26.2 Å². The lowest BCUT2D eigenvalue weighted by Gasteiger charge is -2.31. The number of hydrogen-bond donors (Lipinski definition) is 3. The average molecular weight is 311 g/mol. The van der Waals surface area contributed by atoms with Gasteiger partial charge in [-0.05, 0) is 37.9 Å². The largest absolute Gasteiger partial charge is 0.390 e. The molecule has 1 aliphatic rings. The highest BCUT2D eigenvalue weighted by Crippen LogP contribution is 2.16. The first kappa shape index (κ1) is 16.4. The van der Waals surface area contributed by atoms with E-state index in [0.717, 1.165) is 30.4 Å². The molecule has 1 saturated heterocycles. The molecule has 0 aromatic carbocycles. The molecule has 1 aliphatic heterocycles. The van der Waals surface area contributed by atoms with Crippen molar-refractivity contribution in [1.82, 2.24) is 10.2 Å². The first-order valence-electron chi connectivity index (χ1n) is 7.53. The van der Waals surface area contributed by atoms with Gasteiger partial charge >= 0.3 is 0 Å². The Labute approximate surface area is 130 Å². The zero-order chi connectivity index (χ0) is 15.2. The predicted molar refractivity (Wildman–Crippen MR) is 85.4 cm³/mol. The van der Waals surface area contributed by atoms with Gasteiger partial charge in [0.1, 0.15) is 0 Å². The van der Waals surface area contributed by atoms with Crippen molar-refractivity contribution < 1.29 is 9.90 Å². The second-order valence-corrected chi connectivity index (χ2v) is 6.93. The Hall–Kier alpha value is -0.950. The lowest BCUT2D eigenvalue weighted by molar-refractivity contribution is 0.0907. The molecule has 21 heavy (non-hydrogen) atoms. The van der Waals surface area contributed by atoms with Crippen LogP contribution in [0.5, 0.6) is 0 Å². The highest BCUT2D eigenvalue weighted by molar-refractivity contribution is 7.10. The van der Waals surface area contributed by atoms with Crippen LogP contribution in [0.1, 0.15) is 35.0 Å². The van der Waals surface area contributed by atoms with E-state index in [1.54, 1.807) is 11.4 Å². The minimum Gasteiger partial charge on any atom is -0.390 e. The van der Waals surface area contributed by atoms with E-state index in [2.05, 4.69) is 17.1 Å². The molecule has 118 valence electrons. The fourth-order valence-corrected chi connectivity index (χ4v) is 3.41. The SMILES string of the molecule is CC1CCN(CC(O)CNCc2cc(C(N)=O)cs2)CC1. The van der Waals surface area contributed by atoms with Gasteiger partial charge in [0.25, 0.3) is 0 Å². The third-order valence-electron chi connectivity index (χ3n) is 3.96. The summed E-state index contributed by atoms with van der Waals surface area (Å²) < 4.78 is 0. The van der Waals surface area contributed by atoms with Crippen LogP contribution in [0, 0.1) is 5.92 Å². The Morgan fingerprint density at radius 1 is 1.57 bits per heavy atom. The van der Waals surface area contributed by atoms with Crippen LogP contribution < -0.4 is 11.1 Å². The maximum Gasteiger partial charge on any atom is 0.249 e. The number of carbonyl (C=O) groups excluding carboxylic acids is 1. The summed E-state index contributed by atoms with van der Waals surface area (Å²) in [6.07, 6.45) is 2.10. The Balaban J connectivity index is 1.64. The van der Waals surface area contributed by atoms with Gasteiger partial charge < -0.3 is 21.1 Å². The van der Waals surface area contributed by atoms with Crippen LogP contribution in [0.25, 0.3) is 0 Å². The van der Waals surface area contributed by atoms with Crippen molar-refractivity contribution in [2.45, 2.75) is 32.4 Å². The number of nitrogens with two attached hydrogens (primary N) is 1. The Bertz CT molecular complexity index is 456. The molecule has 2 heterocycles. The van der Waals surface area contributed by atoms with E-state index in [-0.39, 0.29) is 6.10 Å². The number of nitrogens with zero attached hydrogens (tertiary/aromatic N) is 1. The number of likely N-dealkylation sites (tertiary alicyclic amines) is 1. The summed E-state index contributed by atoms with van der Waals surface area (Å²) in [6, 6.07) is 1.80. The number of β-amino-alcohol motifs (C(OH)–C–C–N with tert-alkyl or cyclic N) is 1. The molecule has 0 saturated carbocycles. The van der Waals surface area contributed by atoms with Gasteiger partial charge in [0, 0.05) is 29.9 Å². The van der Waals surface area contributed by atoms with Crippen LogP contribution in [0.4, 0.5) is 0 Å². The average Bonchev–Trinajstić information content (AvgIpc) is 2.90. The maximum absolute atomic E-state index is 11.0. The van der Waals surface area contributed by atoms with Crippen LogP contribution in [-0.4, -0.2) is 48.2 Å². The van der Waals surface area contributed by atoms with Crippen molar-refractivity contribution in [3.63, 3.8) is 0 Å². The van der Waals surface area contributed by atoms with Crippen LogP contribution >= 0.6 is 11.3 Å². The van der Waals surface area contributed by atoms with Gasteiger partial charge in [-0.2, -0.15) is 0 Å². The van der Waals surface area contributed by atoms with E-state index in [1.165, 1.54) is 24.2 Å². The lowest BCUT2D eigenvalue weighted by Crippen LogP contribution is -2.41. The first-order valence-corrected chi connectivity index (χ1v) is 8.41. The summed E-state index contributed by atoms with van der Waals surface area (Å²) in [6.45, 7) is 6.42. The van der Waals surface area contributed by atoms with Crippen LogP contribution in [0.2, 0.25) is 0 Å². The predicted octanol–water partition coefficient (Wildman–Crippen LogP) is 1.03. The number of hydrogen-bond acceptors (Lipinski definition) is 5. The number of nitrogens with one attached hydrogen (secondary N) is 1. The fraction of sp³-hybridized carbons (Fsp3) is 0.667. The second kappa shape index (κ2) is 7.89. The minimum absolute atomic E-state index is 0.353. The molecule has 0 bridgehead atoms. The Morgan fingerprint density at radius 3 is 2.90 bits per heavy atom. The fourth-order valence-electron chi connectivity index (χ4n) is 2.57. The topological polar surface area (TPSA) is 78.6 Å². The van der Waals surface area contributed by atoms with Crippen molar-refractivity contribution in [3.8, 4) is 0 Å². The van der Waals surface area contributed by atoms with Crippen LogP contribution in [-0.2, 0) is 6.54 Å². The molecule has 1 fully saturated rings. The zero-order valence-electron chi connectivity index (χ0n) is 12.5. The summed E-state index contributed by atoms with van der Waals surface area (Å²) in [5.41, 5.74) is 5.77. The van der Waals surface area contributed by atoms with E-state index < -0.39 is 5.91 Å². The molecular formula is C15H25N3O2S. The molecule has 1 amide bonds. The molecule has 1 unspecified atom stereocenters. The zero-order valence-corrected chi connectivity index (χ0v) is 13.4. The molecule has 0 spiro atoms. The van der Waals surface area contributed by atoms with E-state index >= 15 is 0 Å². The Kier molecular flexibility index (Phi) is 6.17. The minimum atomic E-state index is -0.392. The second-order valence-electron chi connectivity index (χ2n) is 5.93. The molecule has 0 radical (unpaired) electrons. The molecule has 0 aliphatic carbocycles. The number of aliphatic hydroxyl groups excluding tert-OH is 1. The molecule has 4 N–H and O–H groups in total. The normalized spacial score (nSPS) is 18.8. The monoisotopic (exact) mass is 311 g/mol. The van der Waals surface area contributed by atoms with Crippen molar-refractivity contribution in [1.29, 1.82) is 0 Å². The number of piperidine rings is 1. The van der Waals surface area contributed by atoms with E-state index in [0.29, 0.717) is 18.7 Å². The molecule has 2 rings (SSSR count). The number of primary amides is 1. The van der Waals surface area contributed by atoms with Crippen molar-refractivity contribution in [2.24, 2.45) is 11.7 Å². The third-order valence-corrected chi connectivity index (χ3v) is 4.90. The summed E-state index contributed by atoms with van der Waals surface area (Å²) in [4.78, 5) is 14.4. The number of thiophene rings is 1. The van der Waals surface area contributed by atoms with Crippen LogP contribution in [0.15, 0.2) is 11.4 Å². The van der Waals surface area contributed by atoms with Gasteiger partial charge in [-0.3, -0.25) is 4.79 Å². The number of amides is 1. The van der Waals surface area contributed by atoms with Crippen molar-refractivity contribution >= 4 is 17.2 Å². The van der Waals surface area contributed by atoms with Gasteiger partial charge in [0.05, 0.1) is 11.7 Å².